The maximum atomic E-state index is 2.35. The molecule has 13 heavy (non-hydrogen) atoms. The summed E-state index contributed by atoms with van der Waals surface area (Å²) in [4.78, 5) is 0. The van der Waals surface area contributed by atoms with Gasteiger partial charge in [-0.2, -0.15) is 0 Å². The van der Waals surface area contributed by atoms with E-state index in [2.05, 4.69) is 45.1 Å². The van der Waals surface area contributed by atoms with E-state index >= 15 is 0 Å². The maximum absolute atomic E-state index is 2.35. The van der Waals surface area contributed by atoms with Gasteiger partial charge in [-0.05, 0) is 31.3 Å². The molecule has 1 unspecified atom stereocenters. The molecule has 0 radical (unpaired) electrons. The Balaban J connectivity index is 2.64. The fourth-order valence-corrected chi connectivity index (χ4v) is 1.51. The molecular formula is C13H20. The highest BCUT2D eigenvalue weighted by atomic mass is 14.1. The summed E-state index contributed by atoms with van der Waals surface area (Å²) in [5, 5.41) is 0. The predicted octanol–water partition coefficient (Wildman–Crippen LogP) is 4.26. The zero-order valence-corrected chi connectivity index (χ0v) is 9.01. The monoisotopic (exact) mass is 176 g/mol. The smallest absolute Gasteiger partial charge is 0.00481 e. The van der Waals surface area contributed by atoms with Crippen LogP contribution in [0.1, 0.15) is 40.0 Å². The molecule has 0 heterocycles. The van der Waals surface area contributed by atoms with E-state index in [9.17, 15) is 0 Å². The first-order chi connectivity index (χ1) is 6.24. The van der Waals surface area contributed by atoms with Crippen LogP contribution in [0.25, 0.3) is 0 Å². The van der Waals surface area contributed by atoms with Crippen molar-refractivity contribution in [2.45, 2.75) is 40.0 Å². The number of unbranched alkanes of at least 4 members (excludes halogenated alkanes) is 1. The number of hydrogen-bond acceptors (Lipinski definition) is 0. The first-order valence-corrected chi connectivity index (χ1v) is 5.29. The van der Waals surface area contributed by atoms with Gasteiger partial charge in [0.05, 0.1) is 0 Å². The van der Waals surface area contributed by atoms with Crippen LogP contribution in [0.15, 0.2) is 35.5 Å². The van der Waals surface area contributed by atoms with E-state index in [1.165, 1.54) is 30.4 Å². The number of hydrogen-bond donors (Lipinski definition) is 0. The second-order valence-electron chi connectivity index (χ2n) is 3.91. The number of allylic oxidation sites excluding steroid dienone is 6. The van der Waals surface area contributed by atoms with Crippen LogP contribution in [0.2, 0.25) is 0 Å². The molecule has 0 saturated heterocycles. The molecule has 0 nitrogen and oxygen atoms in total. The summed E-state index contributed by atoms with van der Waals surface area (Å²) in [6.07, 6.45) is 12.9. The summed E-state index contributed by atoms with van der Waals surface area (Å²) in [6, 6.07) is 0. The second kappa shape index (κ2) is 5.06. The number of rotatable bonds is 3. The van der Waals surface area contributed by atoms with Gasteiger partial charge < -0.3 is 0 Å². The van der Waals surface area contributed by atoms with Crippen molar-refractivity contribution in [2.75, 3.05) is 0 Å². The average Bonchev–Trinajstić information content (AvgIpc) is 2.26. The molecule has 1 aliphatic rings. The van der Waals surface area contributed by atoms with Crippen LogP contribution in [0.3, 0.4) is 0 Å². The standard InChI is InChI=1S/C13H20/c1-4-5-8-13-9-6-7-11(2)12(3)10-13/h6-7,9-11H,4-5,8H2,1-3H3. The molecule has 1 aliphatic carbocycles. The normalized spacial score (nSPS) is 22.2. The zero-order chi connectivity index (χ0) is 9.68. The van der Waals surface area contributed by atoms with Crippen LogP contribution < -0.4 is 0 Å². The van der Waals surface area contributed by atoms with Gasteiger partial charge in [-0.3, -0.25) is 0 Å². The minimum absolute atomic E-state index is 0.607. The summed E-state index contributed by atoms with van der Waals surface area (Å²) in [5.41, 5.74) is 2.97. The Bertz CT molecular complexity index is 241. The highest BCUT2D eigenvalue weighted by Gasteiger charge is 2.03. The Kier molecular flexibility index (Phi) is 4.01. The Morgan fingerprint density at radius 3 is 2.85 bits per heavy atom. The lowest BCUT2D eigenvalue weighted by molar-refractivity contribution is 0.794. The van der Waals surface area contributed by atoms with E-state index in [1.54, 1.807) is 0 Å². The molecule has 1 rings (SSSR count). The van der Waals surface area contributed by atoms with Gasteiger partial charge in [-0.25, -0.2) is 0 Å². The van der Waals surface area contributed by atoms with Gasteiger partial charge in [0.1, 0.15) is 0 Å². The Morgan fingerprint density at radius 2 is 2.15 bits per heavy atom. The molecule has 0 fully saturated rings. The van der Waals surface area contributed by atoms with Gasteiger partial charge in [-0.1, -0.05) is 50.1 Å². The van der Waals surface area contributed by atoms with Crippen molar-refractivity contribution in [3.05, 3.63) is 35.5 Å². The topological polar surface area (TPSA) is 0 Å². The maximum Gasteiger partial charge on any atom is -0.00481 e. The SMILES string of the molecule is CCCCC1=CC=CC(C)C(C)=C1. The van der Waals surface area contributed by atoms with Crippen molar-refractivity contribution >= 4 is 0 Å². The summed E-state index contributed by atoms with van der Waals surface area (Å²) >= 11 is 0. The molecule has 0 aromatic heterocycles. The van der Waals surface area contributed by atoms with Crippen LogP contribution in [-0.4, -0.2) is 0 Å². The van der Waals surface area contributed by atoms with Crippen molar-refractivity contribution in [1.82, 2.24) is 0 Å². The van der Waals surface area contributed by atoms with Crippen molar-refractivity contribution in [3.63, 3.8) is 0 Å². The third kappa shape index (κ3) is 3.22. The Labute approximate surface area is 82.0 Å². The molecule has 0 aromatic carbocycles. The van der Waals surface area contributed by atoms with Gasteiger partial charge in [0, 0.05) is 0 Å². The van der Waals surface area contributed by atoms with Gasteiger partial charge in [0.25, 0.3) is 0 Å². The van der Waals surface area contributed by atoms with E-state index < -0.39 is 0 Å². The lowest BCUT2D eigenvalue weighted by Gasteiger charge is -2.05. The molecular weight excluding hydrogens is 156 g/mol. The molecule has 1 atom stereocenters. The fraction of sp³-hybridized carbons (Fsp3) is 0.538. The summed E-state index contributed by atoms with van der Waals surface area (Å²) in [7, 11) is 0. The molecule has 0 aromatic rings. The van der Waals surface area contributed by atoms with Gasteiger partial charge in [-0.15, -0.1) is 0 Å². The summed E-state index contributed by atoms with van der Waals surface area (Å²) in [6.45, 7) is 6.71. The molecule has 0 N–H and O–H groups in total. The molecule has 0 saturated carbocycles. The quantitative estimate of drug-likeness (QED) is 0.603. The summed E-state index contributed by atoms with van der Waals surface area (Å²) < 4.78 is 0. The summed E-state index contributed by atoms with van der Waals surface area (Å²) in [5.74, 6) is 0.607. The molecule has 0 heteroatoms. The van der Waals surface area contributed by atoms with E-state index in [1.807, 2.05) is 0 Å². The van der Waals surface area contributed by atoms with Gasteiger partial charge in [0.2, 0.25) is 0 Å². The Hall–Kier alpha value is -0.780. The molecule has 0 bridgehead atoms. The minimum Gasteiger partial charge on any atom is -0.0776 e. The van der Waals surface area contributed by atoms with E-state index in [0.717, 1.165) is 0 Å². The Morgan fingerprint density at radius 1 is 1.38 bits per heavy atom. The van der Waals surface area contributed by atoms with Crippen LogP contribution in [0.5, 0.6) is 0 Å². The van der Waals surface area contributed by atoms with E-state index in [-0.39, 0.29) is 0 Å². The van der Waals surface area contributed by atoms with Crippen LogP contribution in [0.4, 0.5) is 0 Å². The van der Waals surface area contributed by atoms with Crippen molar-refractivity contribution < 1.29 is 0 Å². The van der Waals surface area contributed by atoms with Crippen molar-refractivity contribution in [3.8, 4) is 0 Å². The van der Waals surface area contributed by atoms with Crippen LogP contribution in [0, 0.1) is 5.92 Å². The predicted molar refractivity (Wildman–Crippen MR) is 59.7 cm³/mol. The highest BCUT2D eigenvalue weighted by molar-refractivity contribution is 5.32. The first kappa shape index (κ1) is 10.3. The third-order valence-corrected chi connectivity index (χ3v) is 2.66. The fourth-order valence-electron chi connectivity index (χ4n) is 1.51. The second-order valence-corrected chi connectivity index (χ2v) is 3.91. The van der Waals surface area contributed by atoms with Crippen molar-refractivity contribution in [2.24, 2.45) is 5.92 Å². The van der Waals surface area contributed by atoms with E-state index in [4.69, 9.17) is 0 Å². The largest absolute Gasteiger partial charge is 0.0776 e. The zero-order valence-electron chi connectivity index (χ0n) is 9.01. The molecule has 0 spiro atoms. The lowest BCUT2D eigenvalue weighted by atomic mass is 10.0. The lowest BCUT2D eigenvalue weighted by Crippen LogP contribution is -1.90. The van der Waals surface area contributed by atoms with Gasteiger partial charge >= 0.3 is 0 Å². The van der Waals surface area contributed by atoms with Crippen molar-refractivity contribution in [1.29, 1.82) is 0 Å². The third-order valence-electron chi connectivity index (χ3n) is 2.66. The van der Waals surface area contributed by atoms with Gasteiger partial charge in [0.15, 0.2) is 0 Å². The minimum atomic E-state index is 0.607. The van der Waals surface area contributed by atoms with E-state index in [0.29, 0.717) is 5.92 Å². The van der Waals surface area contributed by atoms with Crippen LogP contribution >= 0.6 is 0 Å². The highest BCUT2D eigenvalue weighted by Crippen LogP contribution is 2.20. The average molecular weight is 176 g/mol. The first-order valence-electron chi connectivity index (χ1n) is 5.29. The molecule has 0 aliphatic heterocycles. The molecule has 72 valence electrons. The van der Waals surface area contributed by atoms with Crippen LogP contribution in [-0.2, 0) is 0 Å². The molecule has 0 amide bonds.